The van der Waals surface area contributed by atoms with Crippen molar-refractivity contribution in [1.29, 1.82) is 0 Å². The summed E-state index contributed by atoms with van der Waals surface area (Å²) in [4.78, 5) is 2.28. The van der Waals surface area contributed by atoms with Crippen LogP contribution in [0.2, 0.25) is 0 Å². The molecular weight excluding hydrogens is 314 g/mol. The number of benzene rings is 1. The highest BCUT2D eigenvalue weighted by Crippen LogP contribution is 2.26. The molecule has 5 heteroatoms. The van der Waals surface area contributed by atoms with E-state index >= 15 is 0 Å². The Kier molecular flexibility index (Phi) is 6.32. The molecule has 2 aliphatic rings. The normalized spacial score (nSPS) is 21.3. The topological polar surface area (TPSA) is 41.9 Å². The second-order valence-electron chi connectivity index (χ2n) is 7.06. The van der Waals surface area contributed by atoms with Gasteiger partial charge in [0.2, 0.25) is 0 Å². The Bertz CT molecular complexity index is 521. The summed E-state index contributed by atoms with van der Waals surface area (Å²) in [6.45, 7) is 7.59. The van der Waals surface area contributed by atoms with Crippen molar-refractivity contribution in [1.82, 2.24) is 4.90 Å². The van der Waals surface area contributed by atoms with Crippen LogP contribution in [0.3, 0.4) is 0 Å². The lowest BCUT2D eigenvalue weighted by molar-refractivity contribution is -0.0703. The van der Waals surface area contributed by atoms with Crippen LogP contribution in [0, 0.1) is 0 Å². The average molecular weight is 342 g/mol. The predicted octanol–water partition coefficient (Wildman–Crippen LogP) is 2.45. The molecule has 23 heavy (non-hydrogen) atoms. The highest BCUT2D eigenvalue weighted by Gasteiger charge is 2.31. The minimum Gasteiger partial charge on any atom is -0.491 e. The maximum absolute atomic E-state index is 10.3. The summed E-state index contributed by atoms with van der Waals surface area (Å²) in [7, 11) is 0. The monoisotopic (exact) mass is 341 g/mol. The summed E-state index contributed by atoms with van der Waals surface area (Å²) in [5.41, 5.74) is 2.83. The fourth-order valence-electron chi connectivity index (χ4n) is 3.37. The van der Waals surface area contributed by atoms with E-state index in [-0.39, 0.29) is 17.9 Å². The molecule has 1 unspecified atom stereocenters. The number of rotatable bonds is 5. The van der Waals surface area contributed by atoms with Gasteiger partial charge < -0.3 is 14.6 Å². The average Bonchev–Trinajstić information content (AvgIpc) is 2.95. The van der Waals surface area contributed by atoms with Gasteiger partial charge in [-0.25, -0.2) is 0 Å². The fourth-order valence-corrected chi connectivity index (χ4v) is 3.37. The zero-order chi connectivity index (χ0) is 15.6. The van der Waals surface area contributed by atoms with Crippen LogP contribution in [0.15, 0.2) is 18.2 Å². The first-order valence-electron chi connectivity index (χ1n) is 8.30. The van der Waals surface area contributed by atoms with E-state index in [2.05, 4.69) is 30.9 Å². The smallest absolute Gasteiger partial charge is 0.119 e. The molecule has 0 aromatic heterocycles. The number of aliphatic hydroxyl groups is 1. The number of β-amino-alcohol motifs (C(OH)–C–C–N with tert-alkyl or cyclic N) is 1. The van der Waals surface area contributed by atoms with Crippen molar-refractivity contribution in [3.63, 3.8) is 0 Å². The van der Waals surface area contributed by atoms with E-state index in [4.69, 9.17) is 9.47 Å². The van der Waals surface area contributed by atoms with Gasteiger partial charge in [0.25, 0.3) is 0 Å². The van der Waals surface area contributed by atoms with Gasteiger partial charge >= 0.3 is 0 Å². The lowest BCUT2D eigenvalue weighted by Gasteiger charge is -2.42. The summed E-state index contributed by atoms with van der Waals surface area (Å²) >= 11 is 0. The molecule has 0 saturated carbocycles. The molecule has 0 spiro atoms. The van der Waals surface area contributed by atoms with Crippen LogP contribution in [0.4, 0.5) is 0 Å². The number of morpholine rings is 1. The third-order valence-electron chi connectivity index (χ3n) is 4.76. The number of fused-ring (bicyclic) bond motifs is 1. The van der Waals surface area contributed by atoms with Crippen molar-refractivity contribution >= 4 is 12.4 Å². The van der Waals surface area contributed by atoms with Crippen molar-refractivity contribution in [2.45, 2.75) is 44.8 Å². The first-order chi connectivity index (χ1) is 10.5. The van der Waals surface area contributed by atoms with Gasteiger partial charge in [-0.1, -0.05) is 6.07 Å². The van der Waals surface area contributed by atoms with Crippen LogP contribution < -0.4 is 4.74 Å². The Morgan fingerprint density at radius 3 is 2.87 bits per heavy atom. The van der Waals surface area contributed by atoms with E-state index in [9.17, 15) is 5.11 Å². The van der Waals surface area contributed by atoms with Crippen LogP contribution in [-0.4, -0.2) is 54.6 Å². The second-order valence-corrected chi connectivity index (χ2v) is 7.06. The van der Waals surface area contributed by atoms with E-state index in [1.165, 1.54) is 24.0 Å². The lowest BCUT2D eigenvalue weighted by Crippen LogP contribution is -2.55. The molecular formula is C18H28ClNO3. The van der Waals surface area contributed by atoms with Gasteiger partial charge in [-0.05, 0) is 56.4 Å². The Hall–Kier alpha value is -0.810. The molecule has 1 aromatic rings. The third-order valence-corrected chi connectivity index (χ3v) is 4.76. The molecule has 0 radical (unpaired) electrons. The molecule has 0 bridgehead atoms. The third kappa shape index (κ3) is 4.60. The van der Waals surface area contributed by atoms with Gasteiger partial charge in [0.15, 0.2) is 0 Å². The molecule has 1 aliphatic heterocycles. The summed E-state index contributed by atoms with van der Waals surface area (Å²) < 4.78 is 11.3. The van der Waals surface area contributed by atoms with Gasteiger partial charge in [-0.2, -0.15) is 0 Å². The molecule has 130 valence electrons. The standard InChI is InChI=1S/C18H27NO3.ClH/c1-18(2)13-21-9-8-19(18)11-16(20)12-22-17-7-6-14-4-3-5-15(14)10-17;/h6-7,10,16,20H,3-5,8-9,11-13H2,1-2H3;1H. The number of ether oxygens (including phenoxy) is 2. The van der Waals surface area contributed by atoms with Gasteiger partial charge in [0.1, 0.15) is 18.5 Å². The van der Waals surface area contributed by atoms with Crippen molar-refractivity contribution in [2.75, 3.05) is 32.9 Å². The van der Waals surface area contributed by atoms with Crippen LogP contribution >= 0.6 is 12.4 Å². The van der Waals surface area contributed by atoms with Crippen LogP contribution in [-0.2, 0) is 17.6 Å². The molecule has 3 rings (SSSR count). The molecule has 0 amide bonds. The number of aliphatic hydroxyl groups excluding tert-OH is 1. The highest BCUT2D eigenvalue weighted by atomic mass is 35.5. The highest BCUT2D eigenvalue weighted by molar-refractivity contribution is 5.85. The second kappa shape index (κ2) is 7.84. The van der Waals surface area contributed by atoms with Crippen molar-refractivity contribution < 1.29 is 14.6 Å². The predicted molar refractivity (Wildman–Crippen MR) is 93.7 cm³/mol. The fraction of sp³-hybridized carbons (Fsp3) is 0.667. The Labute approximate surface area is 145 Å². The lowest BCUT2D eigenvalue weighted by atomic mass is 10.0. The summed E-state index contributed by atoms with van der Waals surface area (Å²) in [5.74, 6) is 0.876. The Morgan fingerprint density at radius 1 is 1.30 bits per heavy atom. The van der Waals surface area contributed by atoms with E-state index < -0.39 is 6.10 Å². The van der Waals surface area contributed by atoms with Crippen molar-refractivity contribution in [2.24, 2.45) is 0 Å². The maximum atomic E-state index is 10.3. The molecule has 1 fully saturated rings. The molecule has 1 heterocycles. The number of hydrogen-bond acceptors (Lipinski definition) is 4. The molecule has 1 saturated heterocycles. The first-order valence-corrected chi connectivity index (χ1v) is 8.30. The number of aryl methyl sites for hydroxylation is 2. The Morgan fingerprint density at radius 2 is 2.09 bits per heavy atom. The SMILES string of the molecule is CC1(C)COCCN1CC(O)COc1ccc2c(c1)CCC2.Cl. The Balaban J connectivity index is 0.00000192. The van der Waals surface area contributed by atoms with E-state index in [1.807, 2.05) is 6.07 Å². The van der Waals surface area contributed by atoms with Crippen LogP contribution in [0.25, 0.3) is 0 Å². The molecule has 1 N–H and O–H groups in total. The van der Waals surface area contributed by atoms with E-state index in [1.54, 1.807) is 0 Å². The van der Waals surface area contributed by atoms with Gasteiger partial charge in [-0.3, -0.25) is 4.90 Å². The van der Waals surface area contributed by atoms with E-state index in [0.717, 1.165) is 25.3 Å². The molecule has 4 nitrogen and oxygen atoms in total. The minimum atomic E-state index is -0.481. The van der Waals surface area contributed by atoms with Gasteiger partial charge in [-0.15, -0.1) is 12.4 Å². The van der Waals surface area contributed by atoms with Crippen LogP contribution in [0.5, 0.6) is 5.75 Å². The minimum absolute atomic E-state index is 0. The number of hydrogen-bond donors (Lipinski definition) is 1. The van der Waals surface area contributed by atoms with Gasteiger partial charge in [0.05, 0.1) is 13.2 Å². The maximum Gasteiger partial charge on any atom is 0.119 e. The number of nitrogens with zero attached hydrogens (tertiary/aromatic N) is 1. The van der Waals surface area contributed by atoms with Crippen molar-refractivity contribution in [3.05, 3.63) is 29.3 Å². The summed E-state index contributed by atoms with van der Waals surface area (Å²) in [6, 6.07) is 6.32. The largest absolute Gasteiger partial charge is 0.491 e. The van der Waals surface area contributed by atoms with E-state index in [0.29, 0.717) is 19.8 Å². The summed E-state index contributed by atoms with van der Waals surface area (Å²) in [6.07, 6.45) is 3.10. The summed E-state index contributed by atoms with van der Waals surface area (Å²) in [5, 5.41) is 10.3. The molecule has 1 aliphatic carbocycles. The zero-order valence-corrected chi connectivity index (χ0v) is 14.9. The van der Waals surface area contributed by atoms with Crippen molar-refractivity contribution in [3.8, 4) is 5.75 Å². The number of halogens is 1. The molecule has 1 atom stereocenters. The quantitative estimate of drug-likeness (QED) is 0.893. The molecule has 1 aromatic carbocycles. The van der Waals surface area contributed by atoms with Crippen LogP contribution in [0.1, 0.15) is 31.4 Å². The zero-order valence-electron chi connectivity index (χ0n) is 14.1. The van der Waals surface area contributed by atoms with Gasteiger partial charge in [0, 0.05) is 18.6 Å². The first kappa shape index (κ1) is 18.5.